The molecule has 0 aliphatic heterocycles. The third kappa shape index (κ3) is 2.18. The zero-order valence-electron chi connectivity index (χ0n) is 11.2. The van der Waals surface area contributed by atoms with Gasteiger partial charge in [-0.25, -0.2) is 0 Å². The van der Waals surface area contributed by atoms with Crippen LogP contribution in [0.15, 0.2) is 4.52 Å². The predicted molar refractivity (Wildman–Crippen MR) is 76.7 cm³/mol. The van der Waals surface area contributed by atoms with Gasteiger partial charge in [0.15, 0.2) is 0 Å². The molecule has 3 N–H and O–H groups in total. The number of amides is 1. The van der Waals surface area contributed by atoms with Gasteiger partial charge in [0.05, 0.1) is 10.6 Å². The number of fused-ring (bicyclic) bond motifs is 1. The van der Waals surface area contributed by atoms with Crippen molar-refractivity contribution in [2.24, 2.45) is 0 Å². The highest BCUT2D eigenvalue weighted by atomic mass is 32.1. The van der Waals surface area contributed by atoms with E-state index in [1.165, 1.54) is 16.9 Å². The van der Waals surface area contributed by atoms with E-state index in [1.54, 1.807) is 11.3 Å². The lowest BCUT2D eigenvalue weighted by molar-refractivity contribution is 0.0942. The highest BCUT2D eigenvalue weighted by Gasteiger charge is 2.25. The van der Waals surface area contributed by atoms with Crippen LogP contribution in [0.25, 0.3) is 11.5 Å². The number of nitrogens with two attached hydrogens (primary N) is 1. The average Bonchev–Trinajstić information content (AvgIpc) is 3.01. The van der Waals surface area contributed by atoms with Gasteiger partial charge in [-0.1, -0.05) is 5.16 Å². The lowest BCUT2D eigenvalue weighted by atomic mass is 9.95. The number of anilines is 1. The van der Waals surface area contributed by atoms with Crippen LogP contribution in [0.3, 0.4) is 0 Å². The number of rotatable bonds is 3. The third-order valence-electron chi connectivity index (χ3n) is 3.38. The minimum atomic E-state index is -0.329. The highest BCUT2D eigenvalue weighted by molar-refractivity contribution is 7.16. The largest absolute Gasteiger partial charge is 0.390 e. The van der Waals surface area contributed by atoms with Crippen LogP contribution in [0, 0.1) is 0 Å². The molecule has 1 aliphatic carbocycles. The molecule has 0 aromatic carbocycles. The lowest BCUT2D eigenvalue weighted by Gasteiger charge is -2.10. The standard InChI is InChI=1S/C13H16N4O2S/c1-2-15-12(18)11-16-13(19-17-11)9-7-5-3-4-6-8(7)20-10(9)14/h2-6,14H2,1H3,(H,15,18). The van der Waals surface area contributed by atoms with Crippen LogP contribution in [0.2, 0.25) is 0 Å². The fraction of sp³-hybridized carbons (Fsp3) is 0.462. The maximum atomic E-state index is 11.7. The Kier molecular flexibility index (Phi) is 3.43. The van der Waals surface area contributed by atoms with Gasteiger partial charge in [0, 0.05) is 11.4 Å². The molecule has 1 amide bonds. The molecule has 0 bridgehead atoms. The quantitative estimate of drug-likeness (QED) is 0.902. The molecule has 0 saturated heterocycles. The van der Waals surface area contributed by atoms with Crippen LogP contribution in [-0.4, -0.2) is 22.6 Å². The van der Waals surface area contributed by atoms with E-state index in [2.05, 4.69) is 15.5 Å². The normalized spacial score (nSPS) is 14.1. The number of nitrogens with one attached hydrogen (secondary N) is 1. The van der Waals surface area contributed by atoms with E-state index in [0.717, 1.165) is 24.8 Å². The maximum Gasteiger partial charge on any atom is 0.292 e. The van der Waals surface area contributed by atoms with Gasteiger partial charge in [-0.3, -0.25) is 4.79 Å². The molecular weight excluding hydrogens is 276 g/mol. The molecule has 0 spiro atoms. The van der Waals surface area contributed by atoms with Crippen LogP contribution in [-0.2, 0) is 12.8 Å². The Hall–Kier alpha value is -1.89. The summed E-state index contributed by atoms with van der Waals surface area (Å²) >= 11 is 1.59. The van der Waals surface area contributed by atoms with Crippen LogP contribution in [0.5, 0.6) is 0 Å². The molecule has 20 heavy (non-hydrogen) atoms. The van der Waals surface area contributed by atoms with Gasteiger partial charge in [-0.2, -0.15) is 4.98 Å². The molecule has 0 saturated carbocycles. The van der Waals surface area contributed by atoms with E-state index in [1.807, 2.05) is 6.92 Å². The first-order chi connectivity index (χ1) is 9.70. The van der Waals surface area contributed by atoms with E-state index in [4.69, 9.17) is 10.3 Å². The maximum absolute atomic E-state index is 11.7. The topological polar surface area (TPSA) is 94.0 Å². The number of hydrogen-bond donors (Lipinski definition) is 2. The van der Waals surface area contributed by atoms with Crippen molar-refractivity contribution in [1.29, 1.82) is 0 Å². The summed E-state index contributed by atoms with van der Waals surface area (Å²) in [6.45, 7) is 2.37. The van der Waals surface area contributed by atoms with Gasteiger partial charge in [-0.05, 0) is 38.2 Å². The highest BCUT2D eigenvalue weighted by Crippen LogP contribution is 2.41. The molecule has 0 fully saturated rings. The van der Waals surface area contributed by atoms with Crippen LogP contribution in [0.1, 0.15) is 40.8 Å². The van der Waals surface area contributed by atoms with Gasteiger partial charge in [0.1, 0.15) is 0 Å². The Balaban J connectivity index is 1.97. The van der Waals surface area contributed by atoms with Crippen molar-refractivity contribution < 1.29 is 9.32 Å². The summed E-state index contributed by atoms with van der Waals surface area (Å²) in [5, 5.41) is 7.07. The van der Waals surface area contributed by atoms with Gasteiger partial charge >= 0.3 is 0 Å². The molecule has 7 heteroatoms. The van der Waals surface area contributed by atoms with Crippen molar-refractivity contribution >= 4 is 22.2 Å². The van der Waals surface area contributed by atoms with Crippen molar-refractivity contribution in [2.75, 3.05) is 12.3 Å². The van der Waals surface area contributed by atoms with E-state index in [9.17, 15) is 4.79 Å². The fourth-order valence-corrected chi connectivity index (χ4v) is 3.63. The van der Waals surface area contributed by atoms with Crippen molar-refractivity contribution in [3.05, 3.63) is 16.3 Å². The van der Waals surface area contributed by atoms with Gasteiger partial charge < -0.3 is 15.6 Å². The minimum Gasteiger partial charge on any atom is -0.390 e. The summed E-state index contributed by atoms with van der Waals surface area (Å²) in [5.41, 5.74) is 8.13. The number of nitrogens with zero attached hydrogens (tertiary/aromatic N) is 2. The summed E-state index contributed by atoms with van der Waals surface area (Å²) < 4.78 is 5.23. The first-order valence-corrected chi connectivity index (χ1v) is 7.54. The predicted octanol–water partition coefficient (Wildman–Crippen LogP) is 2.01. The minimum absolute atomic E-state index is 0.0528. The van der Waals surface area contributed by atoms with Gasteiger partial charge in [0.2, 0.25) is 0 Å². The van der Waals surface area contributed by atoms with Crippen molar-refractivity contribution in [3.63, 3.8) is 0 Å². The van der Waals surface area contributed by atoms with E-state index >= 15 is 0 Å². The van der Waals surface area contributed by atoms with Crippen molar-refractivity contribution in [3.8, 4) is 11.5 Å². The number of nitrogen functional groups attached to an aromatic ring is 1. The molecule has 2 aromatic rings. The number of aromatic nitrogens is 2. The zero-order chi connectivity index (χ0) is 14.1. The van der Waals surface area contributed by atoms with E-state index < -0.39 is 0 Å². The van der Waals surface area contributed by atoms with Gasteiger partial charge in [-0.15, -0.1) is 11.3 Å². The van der Waals surface area contributed by atoms with E-state index in [-0.39, 0.29) is 11.7 Å². The second kappa shape index (κ2) is 5.24. The molecule has 2 aromatic heterocycles. The number of hydrogen-bond acceptors (Lipinski definition) is 6. The Morgan fingerprint density at radius 1 is 1.45 bits per heavy atom. The Morgan fingerprint density at radius 3 is 3.05 bits per heavy atom. The Bertz CT molecular complexity index is 647. The van der Waals surface area contributed by atoms with Gasteiger partial charge in [0.25, 0.3) is 17.6 Å². The van der Waals surface area contributed by atoms with Crippen LogP contribution < -0.4 is 11.1 Å². The molecule has 2 heterocycles. The van der Waals surface area contributed by atoms with Crippen molar-refractivity contribution in [1.82, 2.24) is 15.5 Å². The number of thiophene rings is 1. The Morgan fingerprint density at radius 2 is 2.25 bits per heavy atom. The molecule has 0 radical (unpaired) electrons. The smallest absolute Gasteiger partial charge is 0.292 e. The Labute approximate surface area is 120 Å². The fourth-order valence-electron chi connectivity index (χ4n) is 2.48. The first kappa shape index (κ1) is 13.1. The zero-order valence-corrected chi connectivity index (χ0v) is 12.0. The average molecular weight is 292 g/mol. The summed E-state index contributed by atoms with van der Waals surface area (Å²) in [6.07, 6.45) is 4.38. The monoisotopic (exact) mass is 292 g/mol. The van der Waals surface area contributed by atoms with Crippen molar-refractivity contribution in [2.45, 2.75) is 32.6 Å². The third-order valence-corrected chi connectivity index (χ3v) is 4.50. The molecule has 3 rings (SSSR count). The second-order valence-electron chi connectivity index (χ2n) is 4.73. The SMILES string of the molecule is CCNC(=O)c1noc(-c2c(N)sc3c2CCCC3)n1. The second-order valence-corrected chi connectivity index (χ2v) is 5.87. The summed E-state index contributed by atoms with van der Waals surface area (Å²) in [6, 6.07) is 0. The van der Waals surface area contributed by atoms with Crippen LogP contribution >= 0.6 is 11.3 Å². The summed E-state index contributed by atoms with van der Waals surface area (Å²) in [5.74, 6) is 0.0744. The molecule has 6 nitrogen and oxygen atoms in total. The molecule has 0 unspecified atom stereocenters. The summed E-state index contributed by atoms with van der Waals surface area (Å²) in [4.78, 5) is 17.2. The van der Waals surface area contributed by atoms with Crippen LogP contribution in [0.4, 0.5) is 5.00 Å². The summed E-state index contributed by atoms with van der Waals surface area (Å²) in [7, 11) is 0. The number of carbonyl (C=O) groups excluding carboxylic acids is 1. The molecule has 106 valence electrons. The molecule has 1 aliphatic rings. The number of carbonyl (C=O) groups is 1. The first-order valence-electron chi connectivity index (χ1n) is 6.73. The number of aryl methyl sites for hydroxylation is 1. The van der Waals surface area contributed by atoms with E-state index in [0.29, 0.717) is 17.4 Å². The molecular formula is C13H16N4O2S. The lowest BCUT2D eigenvalue weighted by Crippen LogP contribution is -2.23. The molecule has 0 atom stereocenters.